The van der Waals surface area contributed by atoms with Gasteiger partial charge in [0.2, 0.25) is 0 Å². The van der Waals surface area contributed by atoms with E-state index in [2.05, 4.69) is 4.74 Å². The summed E-state index contributed by atoms with van der Waals surface area (Å²) in [7, 11) is 0. The van der Waals surface area contributed by atoms with Gasteiger partial charge in [-0.3, -0.25) is 0 Å². The van der Waals surface area contributed by atoms with Crippen LogP contribution in [0.3, 0.4) is 0 Å². The molecule has 9 heavy (non-hydrogen) atoms. The maximum absolute atomic E-state index is 10.2. The first-order valence-electron chi connectivity index (χ1n) is 2.28. The summed E-state index contributed by atoms with van der Waals surface area (Å²) >= 11 is 0. The molecule has 0 aromatic rings. The zero-order chi connectivity index (χ0) is 6.41. The molecule has 0 fully saturated rings. The van der Waals surface area contributed by atoms with Crippen molar-refractivity contribution in [1.82, 2.24) is 0 Å². The Bertz CT molecular complexity index is 100. The van der Waals surface area contributed by atoms with Crippen LogP contribution in [0, 0.1) is 0 Å². The van der Waals surface area contributed by atoms with Gasteiger partial charge in [-0.2, -0.15) is 0 Å². The minimum absolute atomic E-state index is 0. The van der Waals surface area contributed by atoms with Gasteiger partial charge in [-0.05, 0) is 6.92 Å². The van der Waals surface area contributed by atoms with Gasteiger partial charge in [-0.15, -0.1) is 0 Å². The maximum atomic E-state index is 10.2. The van der Waals surface area contributed by atoms with Crippen LogP contribution in [0.2, 0.25) is 0 Å². The number of hydrogen-bond acceptors (Lipinski definition) is 3. The van der Waals surface area contributed by atoms with E-state index in [4.69, 9.17) is 5.11 Å². The molecule has 0 saturated heterocycles. The minimum Gasteiger partial charge on any atom is -0.515 e. The molecule has 47 valence electrons. The third-order valence-electron chi connectivity index (χ3n) is 0.497. The molecule has 0 spiro atoms. The van der Waals surface area contributed by atoms with E-state index in [-0.39, 0.29) is 29.6 Å². The molecule has 0 bridgehead atoms. The van der Waals surface area contributed by atoms with Crippen molar-refractivity contribution in [1.29, 1.82) is 0 Å². The van der Waals surface area contributed by atoms with Gasteiger partial charge in [0.1, 0.15) is 0 Å². The zero-order valence-electron chi connectivity index (χ0n) is 5.63. The largest absolute Gasteiger partial charge is 0.515 e. The Kier molecular flexibility index (Phi) is 10.5. The van der Waals surface area contributed by atoms with E-state index in [9.17, 15) is 4.79 Å². The number of aliphatic hydroxyl groups is 1. The van der Waals surface area contributed by atoms with Crippen molar-refractivity contribution >= 4 is 35.5 Å². The molecule has 0 aliphatic rings. The fraction of sp³-hybridized carbons (Fsp3) is 0.400. The molecule has 0 aromatic heterocycles. The van der Waals surface area contributed by atoms with Gasteiger partial charge >= 0.3 is 5.97 Å². The summed E-state index contributed by atoms with van der Waals surface area (Å²) < 4.78 is 4.40. The standard InChI is InChI=1S/C5H8O3.Na/c1-2-8-5(7)3-4-6;/h3-4,6H,2H2,1H3;/b4-3+;. The van der Waals surface area contributed by atoms with Crippen LogP contribution in [0.5, 0.6) is 0 Å². The first kappa shape index (κ1) is 11.8. The molecule has 0 aliphatic carbocycles. The Hall–Kier alpha value is 0.0100. The number of ether oxygens (including phenoxy) is 1. The van der Waals surface area contributed by atoms with Crippen molar-refractivity contribution in [3.8, 4) is 0 Å². The van der Waals surface area contributed by atoms with Crippen molar-refractivity contribution < 1.29 is 14.6 Å². The van der Waals surface area contributed by atoms with E-state index in [1.165, 1.54) is 0 Å². The Labute approximate surface area is 76.0 Å². The molecular formula is C5H8NaO3. The molecule has 0 heterocycles. The number of rotatable bonds is 2. The van der Waals surface area contributed by atoms with Gasteiger partial charge < -0.3 is 9.84 Å². The molecule has 0 saturated carbocycles. The molecule has 1 radical (unpaired) electrons. The average Bonchev–Trinajstić information content (AvgIpc) is 1.68. The van der Waals surface area contributed by atoms with Gasteiger partial charge in [0.05, 0.1) is 18.9 Å². The zero-order valence-corrected chi connectivity index (χ0v) is 7.63. The molecule has 1 N–H and O–H groups in total. The van der Waals surface area contributed by atoms with E-state index in [1.807, 2.05) is 0 Å². The van der Waals surface area contributed by atoms with Crippen molar-refractivity contribution in [3.05, 3.63) is 12.3 Å². The quantitative estimate of drug-likeness (QED) is 0.258. The fourth-order valence-electron chi connectivity index (χ4n) is 0.251. The summed E-state index contributed by atoms with van der Waals surface area (Å²) in [5.41, 5.74) is 0. The molecule has 0 rings (SSSR count). The number of carbonyl (C=O) groups excluding carboxylic acids is 1. The predicted octanol–water partition coefficient (Wildman–Crippen LogP) is 0.240. The Morgan fingerprint density at radius 2 is 2.33 bits per heavy atom. The normalized spacial score (nSPS) is 8.56. The van der Waals surface area contributed by atoms with Gasteiger partial charge in [0.15, 0.2) is 0 Å². The molecule has 0 amide bonds. The molecule has 4 heteroatoms. The summed E-state index contributed by atoms with van der Waals surface area (Å²) in [6.45, 7) is 2.03. The van der Waals surface area contributed by atoms with Crippen LogP contribution < -0.4 is 0 Å². The van der Waals surface area contributed by atoms with Crippen LogP contribution in [-0.4, -0.2) is 47.2 Å². The van der Waals surface area contributed by atoms with Crippen molar-refractivity contribution in [2.75, 3.05) is 6.61 Å². The minimum atomic E-state index is -0.519. The maximum Gasteiger partial charge on any atom is 0.333 e. The van der Waals surface area contributed by atoms with E-state index >= 15 is 0 Å². The molecular weight excluding hydrogens is 131 g/mol. The van der Waals surface area contributed by atoms with Crippen molar-refractivity contribution in [2.45, 2.75) is 6.92 Å². The van der Waals surface area contributed by atoms with Gasteiger partial charge in [0.25, 0.3) is 0 Å². The first-order valence-corrected chi connectivity index (χ1v) is 2.28. The second-order valence-electron chi connectivity index (χ2n) is 1.07. The first-order chi connectivity index (χ1) is 3.81. The van der Waals surface area contributed by atoms with Crippen LogP contribution in [-0.2, 0) is 9.53 Å². The summed E-state index contributed by atoms with van der Waals surface area (Å²) in [5, 5.41) is 7.98. The van der Waals surface area contributed by atoms with Crippen LogP contribution in [0.25, 0.3) is 0 Å². The van der Waals surface area contributed by atoms with Gasteiger partial charge in [-0.25, -0.2) is 4.79 Å². The number of esters is 1. The molecule has 0 atom stereocenters. The topological polar surface area (TPSA) is 46.5 Å². The van der Waals surface area contributed by atoms with Crippen molar-refractivity contribution in [2.24, 2.45) is 0 Å². The van der Waals surface area contributed by atoms with Crippen molar-refractivity contribution in [3.63, 3.8) is 0 Å². The Morgan fingerprint density at radius 3 is 2.67 bits per heavy atom. The Balaban J connectivity index is 0. The van der Waals surface area contributed by atoms with Crippen LogP contribution >= 0.6 is 0 Å². The Morgan fingerprint density at radius 1 is 1.78 bits per heavy atom. The predicted molar refractivity (Wildman–Crippen MR) is 34.2 cm³/mol. The van der Waals surface area contributed by atoms with E-state index in [0.29, 0.717) is 12.9 Å². The molecule has 0 aliphatic heterocycles. The van der Waals surface area contributed by atoms with E-state index in [0.717, 1.165) is 6.08 Å². The monoisotopic (exact) mass is 139 g/mol. The van der Waals surface area contributed by atoms with Crippen LogP contribution in [0.1, 0.15) is 6.92 Å². The van der Waals surface area contributed by atoms with Crippen LogP contribution in [0.15, 0.2) is 12.3 Å². The second kappa shape index (κ2) is 8.01. The average molecular weight is 139 g/mol. The third kappa shape index (κ3) is 8.01. The van der Waals surface area contributed by atoms with Gasteiger partial charge in [0, 0.05) is 29.6 Å². The third-order valence-corrected chi connectivity index (χ3v) is 0.497. The van der Waals surface area contributed by atoms with E-state index in [1.54, 1.807) is 6.92 Å². The van der Waals surface area contributed by atoms with E-state index < -0.39 is 5.97 Å². The molecule has 0 aromatic carbocycles. The summed E-state index contributed by atoms with van der Waals surface area (Å²) in [6.07, 6.45) is 1.60. The SMILES string of the molecule is CCOC(=O)/C=C/O.[Na]. The fourth-order valence-corrected chi connectivity index (χ4v) is 0.251. The summed E-state index contributed by atoms with van der Waals surface area (Å²) in [4.78, 5) is 10.2. The van der Waals surface area contributed by atoms with Crippen LogP contribution in [0.4, 0.5) is 0 Å². The number of aliphatic hydroxyl groups excluding tert-OH is 1. The molecule has 3 nitrogen and oxygen atoms in total. The number of carbonyl (C=O) groups is 1. The summed E-state index contributed by atoms with van der Waals surface area (Å²) in [6, 6.07) is 0. The number of hydrogen-bond donors (Lipinski definition) is 1. The second-order valence-corrected chi connectivity index (χ2v) is 1.07. The molecule has 0 unspecified atom stereocenters. The summed E-state index contributed by atoms with van der Waals surface area (Å²) in [5.74, 6) is -0.519. The smallest absolute Gasteiger partial charge is 0.333 e. The van der Waals surface area contributed by atoms with Gasteiger partial charge in [-0.1, -0.05) is 0 Å².